The van der Waals surface area contributed by atoms with E-state index in [0.717, 1.165) is 24.5 Å². The number of piperidine rings is 1. The van der Waals surface area contributed by atoms with Gasteiger partial charge in [-0.05, 0) is 37.0 Å². The molecule has 24 heavy (non-hydrogen) atoms. The van der Waals surface area contributed by atoms with Gasteiger partial charge in [-0.3, -0.25) is 0 Å². The third-order valence-corrected chi connectivity index (χ3v) is 5.29. The molecule has 2 aliphatic heterocycles. The van der Waals surface area contributed by atoms with Crippen LogP contribution in [0.5, 0.6) is 11.5 Å². The third kappa shape index (κ3) is 5.16. The molecule has 2 heterocycles. The summed E-state index contributed by atoms with van der Waals surface area (Å²) < 4.78 is 10.9. The Bertz CT molecular complexity index is 508. The van der Waals surface area contributed by atoms with Crippen LogP contribution < -0.4 is 44.1 Å². The van der Waals surface area contributed by atoms with E-state index in [2.05, 4.69) is 12.1 Å². The van der Waals surface area contributed by atoms with Crippen LogP contribution in [-0.4, -0.2) is 46.9 Å². The fourth-order valence-electron chi connectivity index (χ4n) is 3.90. The predicted octanol–water partition coefficient (Wildman–Crippen LogP) is -6.28. The van der Waals surface area contributed by atoms with Crippen molar-refractivity contribution in [3.8, 4) is 11.5 Å². The average molecular weight is 377 g/mol. The van der Waals surface area contributed by atoms with Gasteiger partial charge in [0.25, 0.3) is 0 Å². The molecule has 1 saturated heterocycles. The lowest BCUT2D eigenvalue weighted by Crippen LogP contribution is -3.20. The molecule has 0 radical (unpaired) electrons. The number of methoxy groups -OCH3 is 2. The van der Waals surface area contributed by atoms with Crippen LogP contribution in [0.2, 0.25) is 0 Å². The number of hydrogen-bond donors (Lipinski definition) is 2. The zero-order valence-corrected chi connectivity index (χ0v) is 16.3. The molecule has 4 nitrogen and oxygen atoms in total. The summed E-state index contributed by atoms with van der Waals surface area (Å²) in [5.41, 5.74) is 2.87. The van der Waals surface area contributed by atoms with E-state index in [9.17, 15) is 0 Å². The van der Waals surface area contributed by atoms with Crippen molar-refractivity contribution in [1.82, 2.24) is 0 Å². The Morgan fingerprint density at radius 2 is 1.38 bits per heavy atom. The number of nitrogens with one attached hydrogen (secondary N) is 2. The molecule has 6 heteroatoms. The van der Waals surface area contributed by atoms with Crippen molar-refractivity contribution >= 4 is 0 Å². The van der Waals surface area contributed by atoms with Crippen LogP contribution in [0.1, 0.15) is 30.4 Å². The molecule has 0 saturated carbocycles. The molecule has 1 aromatic rings. The predicted molar refractivity (Wildman–Crippen MR) is 87.1 cm³/mol. The van der Waals surface area contributed by atoms with Gasteiger partial charge in [0.15, 0.2) is 11.5 Å². The first-order valence-electron chi connectivity index (χ1n) is 8.71. The molecular formula is C18H30Cl2N2O2. The molecule has 138 valence electrons. The summed E-state index contributed by atoms with van der Waals surface area (Å²) in [6, 6.07) is 4.35. The number of hydrogen-bond acceptors (Lipinski definition) is 2. The fourth-order valence-corrected chi connectivity index (χ4v) is 3.90. The minimum atomic E-state index is 0. The molecule has 2 N–H and O–H groups in total. The number of ether oxygens (including phenoxy) is 2. The number of benzene rings is 1. The Labute approximate surface area is 158 Å². The van der Waals surface area contributed by atoms with Crippen molar-refractivity contribution in [2.24, 2.45) is 0 Å². The highest BCUT2D eigenvalue weighted by molar-refractivity contribution is 5.47. The number of likely N-dealkylation sites (tertiary alicyclic amines) is 1. The van der Waals surface area contributed by atoms with E-state index in [1.54, 1.807) is 19.1 Å². The first-order chi connectivity index (χ1) is 10.8. The zero-order chi connectivity index (χ0) is 15.4. The van der Waals surface area contributed by atoms with Crippen LogP contribution in [0.15, 0.2) is 12.1 Å². The van der Waals surface area contributed by atoms with E-state index in [1.165, 1.54) is 63.1 Å². The normalized spacial score (nSPS) is 20.3. The van der Waals surface area contributed by atoms with Crippen LogP contribution in [-0.2, 0) is 13.0 Å². The number of fused-ring (bicyclic) bond motifs is 1. The Hall–Kier alpha value is -0.680. The minimum absolute atomic E-state index is 0. The monoisotopic (exact) mass is 376 g/mol. The second kappa shape index (κ2) is 10.3. The fraction of sp³-hybridized carbons (Fsp3) is 0.667. The van der Waals surface area contributed by atoms with E-state index in [0.29, 0.717) is 0 Å². The van der Waals surface area contributed by atoms with Gasteiger partial charge in [-0.2, -0.15) is 0 Å². The molecule has 1 atom stereocenters. The standard InChI is InChI=1S/C18H28N2O2.2ClH/c1-21-17-12-15-6-9-20(14-16(15)13-18(17)22-2)11-10-19-7-4-3-5-8-19;;/h12-13H,3-11,14H2,1-2H3;2*1H. The molecule has 3 rings (SSSR count). The number of halogens is 2. The zero-order valence-electron chi connectivity index (χ0n) is 14.8. The van der Waals surface area contributed by atoms with E-state index < -0.39 is 0 Å². The Balaban J connectivity index is 0.00000144. The van der Waals surface area contributed by atoms with Crippen molar-refractivity contribution < 1.29 is 44.1 Å². The molecule has 0 aromatic heterocycles. The van der Waals surface area contributed by atoms with Crippen LogP contribution in [0.4, 0.5) is 0 Å². The summed E-state index contributed by atoms with van der Waals surface area (Å²) in [5.74, 6) is 1.73. The first-order valence-corrected chi connectivity index (χ1v) is 8.71. The van der Waals surface area contributed by atoms with Gasteiger partial charge in [-0.15, -0.1) is 0 Å². The first kappa shape index (κ1) is 21.4. The van der Waals surface area contributed by atoms with Gasteiger partial charge in [0.05, 0.1) is 33.9 Å². The van der Waals surface area contributed by atoms with Crippen LogP contribution in [0.3, 0.4) is 0 Å². The summed E-state index contributed by atoms with van der Waals surface area (Å²) in [4.78, 5) is 3.54. The van der Waals surface area contributed by atoms with Gasteiger partial charge in [0, 0.05) is 12.0 Å². The highest BCUT2D eigenvalue weighted by atomic mass is 35.5. The summed E-state index contributed by atoms with van der Waals surface area (Å²) in [7, 11) is 3.43. The van der Waals surface area contributed by atoms with Gasteiger partial charge >= 0.3 is 0 Å². The Morgan fingerprint density at radius 1 is 0.792 bits per heavy atom. The topological polar surface area (TPSA) is 27.3 Å². The molecule has 2 aliphatic rings. The van der Waals surface area contributed by atoms with Crippen LogP contribution >= 0.6 is 0 Å². The summed E-state index contributed by atoms with van der Waals surface area (Å²) in [6.45, 7) is 7.77. The third-order valence-electron chi connectivity index (χ3n) is 5.29. The minimum Gasteiger partial charge on any atom is -1.00 e. The molecule has 1 aromatic carbocycles. The van der Waals surface area contributed by atoms with Gasteiger partial charge < -0.3 is 44.1 Å². The van der Waals surface area contributed by atoms with Crippen molar-refractivity contribution in [3.63, 3.8) is 0 Å². The molecule has 1 unspecified atom stereocenters. The van der Waals surface area contributed by atoms with Crippen molar-refractivity contribution in [2.75, 3.05) is 46.9 Å². The number of quaternary nitrogens is 2. The van der Waals surface area contributed by atoms with Gasteiger partial charge in [0.2, 0.25) is 0 Å². The maximum Gasteiger partial charge on any atom is 0.161 e. The molecule has 0 aliphatic carbocycles. The maximum absolute atomic E-state index is 5.45. The lowest BCUT2D eigenvalue weighted by atomic mass is 9.99. The lowest BCUT2D eigenvalue weighted by molar-refractivity contribution is -0.967. The van der Waals surface area contributed by atoms with E-state index in [-0.39, 0.29) is 24.8 Å². The van der Waals surface area contributed by atoms with Crippen LogP contribution in [0, 0.1) is 0 Å². The SMILES string of the molecule is COc1cc2c(cc1OC)C[NH+](CC[NH+]1CCCCC1)CC2.[Cl-].[Cl-]. The quantitative estimate of drug-likeness (QED) is 0.535. The van der Waals surface area contributed by atoms with Crippen LogP contribution in [0.25, 0.3) is 0 Å². The molecule has 0 spiro atoms. The second-order valence-electron chi connectivity index (χ2n) is 6.71. The largest absolute Gasteiger partial charge is 1.00 e. The molecule has 1 fully saturated rings. The average Bonchev–Trinajstić information content (AvgIpc) is 2.59. The molecule has 0 bridgehead atoms. The molecule has 0 amide bonds. The van der Waals surface area contributed by atoms with Gasteiger partial charge in [-0.1, -0.05) is 0 Å². The lowest BCUT2D eigenvalue weighted by Gasteiger charge is -2.29. The Morgan fingerprint density at radius 3 is 2.00 bits per heavy atom. The summed E-state index contributed by atoms with van der Waals surface area (Å²) in [5, 5.41) is 0. The van der Waals surface area contributed by atoms with Gasteiger partial charge in [-0.25, -0.2) is 0 Å². The van der Waals surface area contributed by atoms with Crippen molar-refractivity contribution in [3.05, 3.63) is 23.3 Å². The van der Waals surface area contributed by atoms with Gasteiger partial charge in [0.1, 0.15) is 19.6 Å². The van der Waals surface area contributed by atoms with E-state index >= 15 is 0 Å². The molecular weight excluding hydrogens is 347 g/mol. The Kier molecular flexibility index (Phi) is 9.21. The van der Waals surface area contributed by atoms with Crippen molar-refractivity contribution in [2.45, 2.75) is 32.2 Å². The summed E-state index contributed by atoms with van der Waals surface area (Å²) in [6.07, 6.45) is 5.43. The van der Waals surface area contributed by atoms with Crippen molar-refractivity contribution in [1.29, 1.82) is 0 Å². The summed E-state index contributed by atoms with van der Waals surface area (Å²) >= 11 is 0. The second-order valence-corrected chi connectivity index (χ2v) is 6.71. The van der Waals surface area contributed by atoms with E-state index in [4.69, 9.17) is 9.47 Å². The maximum atomic E-state index is 5.45. The highest BCUT2D eigenvalue weighted by Crippen LogP contribution is 2.31. The van der Waals surface area contributed by atoms with E-state index in [1.807, 2.05) is 4.90 Å². The highest BCUT2D eigenvalue weighted by Gasteiger charge is 2.23. The number of rotatable bonds is 5. The smallest absolute Gasteiger partial charge is 0.161 e.